The summed E-state index contributed by atoms with van der Waals surface area (Å²) < 4.78 is 7.21. The van der Waals surface area contributed by atoms with Gasteiger partial charge in [0.2, 0.25) is 0 Å². The van der Waals surface area contributed by atoms with E-state index in [2.05, 4.69) is 21.0 Å². The van der Waals surface area contributed by atoms with Gasteiger partial charge in [-0.1, -0.05) is 28.1 Å². The minimum atomic E-state index is -0.317. The number of Topliss-reactive ketones (excluding diaryl/α,β-unsaturated/α-hetero) is 1. The number of carbonyl (C=O) groups excluding carboxylic acids is 1. The van der Waals surface area contributed by atoms with Crippen LogP contribution in [0.4, 0.5) is 0 Å². The van der Waals surface area contributed by atoms with Crippen molar-refractivity contribution in [1.29, 1.82) is 0 Å². The van der Waals surface area contributed by atoms with Crippen LogP contribution < -0.4 is 10.3 Å². The van der Waals surface area contributed by atoms with Crippen LogP contribution in [0.3, 0.4) is 0 Å². The molecule has 0 aliphatic rings. The number of ether oxygens (including phenoxy) is 1. The predicted molar refractivity (Wildman–Crippen MR) is 99.0 cm³/mol. The maximum Gasteiger partial charge on any atom is 0.267 e. The summed E-state index contributed by atoms with van der Waals surface area (Å²) in [5.74, 6) is 0.566. The van der Waals surface area contributed by atoms with Crippen LogP contribution in [0.5, 0.6) is 5.75 Å². The number of aromatic nitrogens is 2. The van der Waals surface area contributed by atoms with Crippen molar-refractivity contribution in [3.05, 3.63) is 81.1 Å². The lowest BCUT2D eigenvalue weighted by atomic mass is 10.1. The minimum Gasteiger partial charge on any atom is -0.497 e. The summed E-state index contributed by atoms with van der Waals surface area (Å²) in [6, 6.07) is 17.4. The summed E-state index contributed by atoms with van der Waals surface area (Å²) >= 11 is 3.33. The normalized spacial score (nSPS) is 10.5. The second kappa shape index (κ2) is 7.44. The summed E-state index contributed by atoms with van der Waals surface area (Å²) in [4.78, 5) is 24.4. The van der Waals surface area contributed by atoms with Crippen LogP contribution in [0.15, 0.2) is 69.9 Å². The summed E-state index contributed by atoms with van der Waals surface area (Å²) in [6.07, 6.45) is 0. The van der Waals surface area contributed by atoms with Gasteiger partial charge in [0.1, 0.15) is 12.3 Å². The third-order valence-corrected chi connectivity index (χ3v) is 4.24. The Kier molecular flexibility index (Phi) is 5.09. The van der Waals surface area contributed by atoms with E-state index in [1.165, 1.54) is 10.7 Å². The smallest absolute Gasteiger partial charge is 0.267 e. The van der Waals surface area contributed by atoms with E-state index in [9.17, 15) is 9.59 Å². The van der Waals surface area contributed by atoms with Crippen LogP contribution >= 0.6 is 15.9 Å². The Labute approximate surface area is 153 Å². The van der Waals surface area contributed by atoms with Crippen LogP contribution in [0.1, 0.15) is 10.4 Å². The zero-order chi connectivity index (χ0) is 17.8. The van der Waals surface area contributed by atoms with Gasteiger partial charge in [-0.05, 0) is 42.5 Å². The third-order valence-electron chi connectivity index (χ3n) is 3.71. The molecule has 0 saturated heterocycles. The summed E-state index contributed by atoms with van der Waals surface area (Å²) in [5, 5.41) is 4.31. The average Bonchev–Trinajstić information content (AvgIpc) is 2.64. The van der Waals surface area contributed by atoms with E-state index in [1.54, 1.807) is 37.4 Å². The summed E-state index contributed by atoms with van der Waals surface area (Å²) in [6.45, 7) is -0.107. The number of ketones is 1. The molecule has 126 valence electrons. The number of carbonyl (C=O) groups is 1. The van der Waals surface area contributed by atoms with Crippen molar-refractivity contribution < 1.29 is 9.53 Å². The average molecular weight is 399 g/mol. The number of methoxy groups -OCH3 is 1. The molecule has 0 spiro atoms. The van der Waals surface area contributed by atoms with Gasteiger partial charge in [0.15, 0.2) is 5.78 Å². The Morgan fingerprint density at radius 3 is 2.36 bits per heavy atom. The van der Waals surface area contributed by atoms with E-state index in [4.69, 9.17) is 4.74 Å². The molecule has 0 N–H and O–H groups in total. The highest BCUT2D eigenvalue weighted by molar-refractivity contribution is 9.10. The molecular weight excluding hydrogens is 384 g/mol. The van der Waals surface area contributed by atoms with Gasteiger partial charge in [-0.15, -0.1) is 0 Å². The highest BCUT2D eigenvalue weighted by atomic mass is 79.9. The fraction of sp³-hybridized carbons (Fsp3) is 0.105. The van der Waals surface area contributed by atoms with E-state index >= 15 is 0 Å². The molecule has 1 heterocycles. The molecule has 0 saturated carbocycles. The number of benzene rings is 2. The fourth-order valence-corrected chi connectivity index (χ4v) is 2.61. The molecule has 25 heavy (non-hydrogen) atoms. The number of rotatable bonds is 5. The molecule has 1 aromatic heterocycles. The van der Waals surface area contributed by atoms with E-state index in [-0.39, 0.29) is 17.9 Å². The molecular formula is C19H15BrN2O3. The first-order chi connectivity index (χ1) is 12.1. The summed E-state index contributed by atoms with van der Waals surface area (Å²) in [7, 11) is 1.60. The van der Waals surface area contributed by atoms with Crippen LogP contribution in [-0.4, -0.2) is 22.7 Å². The van der Waals surface area contributed by atoms with Gasteiger partial charge in [0.25, 0.3) is 5.56 Å². The van der Waals surface area contributed by atoms with E-state index in [0.717, 1.165) is 15.8 Å². The maximum atomic E-state index is 12.4. The standard InChI is InChI=1S/C19H15BrN2O3/c1-25-16-8-4-13(5-9-16)17-10-11-19(24)22(21-17)12-18(23)14-2-6-15(20)7-3-14/h2-11H,12H2,1H3. The fourth-order valence-electron chi connectivity index (χ4n) is 2.34. The topological polar surface area (TPSA) is 61.2 Å². The lowest BCUT2D eigenvalue weighted by Gasteiger charge is -2.07. The van der Waals surface area contributed by atoms with Gasteiger partial charge >= 0.3 is 0 Å². The number of halogens is 1. The van der Waals surface area contributed by atoms with Crippen LogP contribution in [0.25, 0.3) is 11.3 Å². The summed E-state index contributed by atoms with van der Waals surface area (Å²) in [5.41, 5.74) is 1.67. The highest BCUT2D eigenvalue weighted by Gasteiger charge is 2.10. The third kappa shape index (κ3) is 4.03. The lowest BCUT2D eigenvalue weighted by Crippen LogP contribution is -2.26. The molecule has 0 aliphatic carbocycles. The largest absolute Gasteiger partial charge is 0.497 e. The van der Waals surface area contributed by atoms with Crippen molar-refractivity contribution in [2.24, 2.45) is 0 Å². The van der Waals surface area contributed by atoms with Crippen molar-refractivity contribution in [3.8, 4) is 17.0 Å². The van der Waals surface area contributed by atoms with Gasteiger partial charge in [-0.2, -0.15) is 5.10 Å². The second-order valence-electron chi connectivity index (χ2n) is 5.37. The zero-order valence-electron chi connectivity index (χ0n) is 13.5. The van der Waals surface area contributed by atoms with E-state index < -0.39 is 0 Å². The van der Waals surface area contributed by atoms with Gasteiger partial charge < -0.3 is 4.74 Å². The van der Waals surface area contributed by atoms with Crippen molar-refractivity contribution in [1.82, 2.24) is 9.78 Å². The Morgan fingerprint density at radius 2 is 1.72 bits per heavy atom. The van der Waals surface area contributed by atoms with Crippen LogP contribution in [-0.2, 0) is 6.54 Å². The van der Waals surface area contributed by atoms with Gasteiger partial charge in [0.05, 0.1) is 12.8 Å². The van der Waals surface area contributed by atoms with E-state index in [0.29, 0.717) is 11.3 Å². The SMILES string of the molecule is COc1ccc(-c2ccc(=O)n(CC(=O)c3ccc(Br)cc3)n2)cc1. The van der Waals surface area contributed by atoms with Crippen LogP contribution in [0.2, 0.25) is 0 Å². The number of hydrogen-bond acceptors (Lipinski definition) is 4. The first-order valence-electron chi connectivity index (χ1n) is 7.58. The van der Waals surface area contributed by atoms with Crippen molar-refractivity contribution in [2.75, 3.05) is 7.11 Å². The first kappa shape index (κ1) is 17.1. The second-order valence-corrected chi connectivity index (χ2v) is 6.29. The molecule has 0 atom stereocenters. The minimum absolute atomic E-state index is 0.107. The lowest BCUT2D eigenvalue weighted by molar-refractivity contribution is 0.0966. The molecule has 0 unspecified atom stereocenters. The Bertz CT molecular complexity index is 948. The van der Waals surface area contributed by atoms with Gasteiger partial charge in [-0.25, -0.2) is 4.68 Å². The van der Waals surface area contributed by atoms with Crippen molar-refractivity contribution >= 4 is 21.7 Å². The molecule has 2 aromatic carbocycles. The molecule has 0 aliphatic heterocycles. The molecule has 3 aromatic rings. The number of nitrogens with zero attached hydrogens (tertiary/aromatic N) is 2. The molecule has 0 bridgehead atoms. The quantitative estimate of drug-likeness (QED) is 0.616. The predicted octanol–water partition coefficient (Wildman–Crippen LogP) is 3.56. The van der Waals surface area contributed by atoms with Crippen LogP contribution in [0, 0.1) is 0 Å². The Balaban J connectivity index is 1.87. The Morgan fingerprint density at radius 1 is 1.04 bits per heavy atom. The van der Waals surface area contributed by atoms with Crippen molar-refractivity contribution in [2.45, 2.75) is 6.54 Å². The molecule has 3 rings (SSSR count). The van der Waals surface area contributed by atoms with Gasteiger partial charge in [-0.3, -0.25) is 9.59 Å². The molecule has 5 nitrogen and oxygen atoms in total. The first-order valence-corrected chi connectivity index (χ1v) is 8.37. The molecule has 0 amide bonds. The molecule has 0 fully saturated rings. The maximum absolute atomic E-state index is 12.4. The molecule has 0 radical (unpaired) electrons. The monoisotopic (exact) mass is 398 g/mol. The Hall–Kier alpha value is -2.73. The highest BCUT2D eigenvalue weighted by Crippen LogP contribution is 2.19. The van der Waals surface area contributed by atoms with Crippen molar-refractivity contribution in [3.63, 3.8) is 0 Å². The zero-order valence-corrected chi connectivity index (χ0v) is 15.1. The molecule has 6 heteroatoms. The van der Waals surface area contributed by atoms with E-state index in [1.807, 2.05) is 24.3 Å². The number of hydrogen-bond donors (Lipinski definition) is 0. The van der Waals surface area contributed by atoms with Gasteiger partial charge in [0, 0.05) is 21.7 Å².